The summed E-state index contributed by atoms with van der Waals surface area (Å²) in [5.41, 5.74) is -0.0856. The Bertz CT molecular complexity index is 961. The first kappa shape index (κ1) is 18.5. The molecule has 0 saturated carbocycles. The van der Waals surface area contributed by atoms with Crippen LogP contribution in [0.15, 0.2) is 52.0 Å². The second-order valence-electron chi connectivity index (χ2n) is 5.35. The molecule has 2 aromatic heterocycles. The van der Waals surface area contributed by atoms with E-state index >= 15 is 0 Å². The van der Waals surface area contributed by atoms with Gasteiger partial charge in [-0.3, -0.25) is 9.59 Å². The van der Waals surface area contributed by atoms with Crippen LogP contribution in [0.4, 0.5) is 16.0 Å². The third-order valence-electron chi connectivity index (χ3n) is 3.25. The number of carbonyl (C=O) groups excluding carboxylic acids is 2. The molecule has 138 valence electrons. The summed E-state index contributed by atoms with van der Waals surface area (Å²) in [6.07, 6.45) is 0. The van der Waals surface area contributed by atoms with Crippen LogP contribution >= 0.6 is 11.8 Å². The average molecular weight is 387 g/mol. The Morgan fingerprint density at radius 1 is 1.11 bits per heavy atom. The molecule has 0 aliphatic rings. The van der Waals surface area contributed by atoms with E-state index in [-0.39, 0.29) is 23.0 Å². The zero-order chi connectivity index (χ0) is 19.2. The maximum atomic E-state index is 13.6. The lowest BCUT2D eigenvalue weighted by atomic mass is 10.2. The zero-order valence-electron chi connectivity index (χ0n) is 14.1. The first-order chi connectivity index (χ1) is 13.0. The van der Waals surface area contributed by atoms with Crippen molar-refractivity contribution >= 4 is 35.2 Å². The van der Waals surface area contributed by atoms with Crippen LogP contribution in [0.1, 0.15) is 16.1 Å². The molecule has 0 bridgehead atoms. The molecule has 2 heterocycles. The minimum atomic E-state index is -0.622. The fourth-order valence-corrected chi connectivity index (χ4v) is 2.65. The normalized spacial score (nSPS) is 10.4. The van der Waals surface area contributed by atoms with Crippen molar-refractivity contribution in [2.24, 2.45) is 0 Å². The van der Waals surface area contributed by atoms with Crippen molar-refractivity contribution in [1.29, 1.82) is 0 Å². The van der Waals surface area contributed by atoms with Gasteiger partial charge < -0.3 is 15.2 Å². The smallest absolute Gasteiger partial charge is 0.259 e. The molecule has 0 aliphatic heterocycles. The predicted molar refractivity (Wildman–Crippen MR) is 97.0 cm³/mol. The molecule has 0 unspecified atom stereocenters. The van der Waals surface area contributed by atoms with Crippen LogP contribution < -0.4 is 10.6 Å². The number of aryl methyl sites for hydroxylation is 1. The van der Waals surface area contributed by atoms with Gasteiger partial charge in [0.1, 0.15) is 16.6 Å². The molecule has 2 amide bonds. The van der Waals surface area contributed by atoms with Crippen LogP contribution in [0.5, 0.6) is 0 Å². The lowest BCUT2D eigenvalue weighted by molar-refractivity contribution is -0.113. The van der Waals surface area contributed by atoms with Gasteiger partial charge >= 0.3 is 0 Å². The second-order valence-corrected chi connectivity index (χ2v) is 6.35. The van der Waals surface area contributed by atoms with Gasteiger partial charge in [-0.2, -0.15) is 0 Å². The summed E-state index contributed by atoms with van der Waals surface area (Å²) >= 11 is 1.16. The molecule has 3 rings (SSSR count). The Morgan fingerprint density at radius 3 is 2.59 bits per heavy atom. The number of hydrogen-bond donors (Lipinski definition) is 2. The van der Waals surface area contributed by atoms with E-state index < -0.39 is 11.7 Å². The Labute approximate surface area is 157 Å². The highest BCUT2D eigenvalue weighted by atomic mass is 32.2. The van der Waals surface area contributed by atoms with Crippen LogP contribution in [0.25, 0.3) is 0 Å². The topological polar surface area (TPSA) is 110 Å². The summed E-state index contributed by atoms with van der Waals surface area (Å²) in [4.78, 5) is 23.9. The third-order valence-corrected chi connectivity index (χ3v) is 4.17. The number of aromatic nitrogens is 3. The van der Waals surface area contributed by atoms with Crippen LogP contribution in [0, 0.1) is 12.7 Å². The second kappa shape index (κ2) is 8.41. The molecule has 0 aliphatic carbocycles. The fourth-order valence-electron chi connectivity index (χ4n) is 2.04. The largest absolute Gasteiger partial charge is 0.360 e. The molecular formula is C17H14FN5O3S. The van der Waals surface area contributed by atoms with E-state index in [9.17, 15) is 14.0 Å². The van der Waals surface area contributed by atoms with Gasteiger partial charge in [0.05, 0.1) is 11.3 Å². The highest BCUT2D eigenvalue weighted by Crippen LogP contribution is 2.17. The minimum absolute atomic E-state index is 0.0856. The van der Waals surface area contributed by atoms with E-state index in [2.05, 4.69) is 26.0 Å². The van der Waals surface area contributed by atoms with Crippen molar-refractivity contribution in [3.05, 3.63) is 59.6 Å². The monoisotopic (exact) mass is 387 g/mol. The van der Waals surface area contributed by atoms with Crippen molar-refractivity contribution in [2.45, 2.75) is 11.9 Å². The summed E-state index contributed by atoms with van der Waals surface area (Å²) in [7, 11) is 0. The van der Waals surface area contributed by atoms with Gasteiger partial charge in [0, 0.05) is 6.07 Å². The number of benzene rings is 1. The van der Waals surface area contributed by atoms with E-state index in [1.165, 1.54) is 24.3 Å². The average Bonchev–Trinajstić information content (AvgIpc) is 3.06. The zero-order valence-corrected chi connectivity index (χ0v) is 14.9. The molecule has 3 aromatic rings. The summed E-state index contributed by atoms with van der Waals surface area (Å²) < 4.78 is 18.5. The quantitative estimate of drug-likeness (QED) is 0.626. The Hall–Kier alpha value is -3.27. The van der Waals surface area contributed by atoms with Crippen molar-refractivity contribution in [3.8, 4) is 0 Å². The Kier molecular flexibility index (Phi) is 5.77. The van der Waals surface area contributed by atoms with Crippen LogP contribution in [-0.4, -0.2) is 32.9 Å². The maximum absolute atomic E-state index is 13.6. The molecule has 8 nitrogen and oxygen atoms in total. The highest BCUT2D eigenvalue weighted by Gasteiger charge is 2.12. The van der Waals surface area contributed by atoms with Crippen LogP contribution in [-0.2, 0) is 4.79 Å². The van der Waals surface area contributed by atoms with Crippen LogP contribution in [0.2, 0.25) is 0 Å². The van der Waals surface area contributed by atoms with Gasteiger partial charge in [0.15, 0.2) is 11.6 Å². The molecule has 1 aromatic carbocycles. The van der Waals surface area contributed by atoms with Gasteiger partial charge in [-0.05, 0) is 31.2 Å². The van der Waals surface area contributed by atoms with E-state index in [0.29, 0.717) is 16.6 Å². The van der Waals surface area contributed by atoms with Crippen molar-refractivity contribution < 1.29 is 18.5 Å². The van der Waals surface area contributed by atoms with Crippen molar-refractivity contribution in [3.63, 3.8) is 0 Å². The molecule has 2 N–H and O–H groups in total. The summed E-state index contributed by atoms with van der Waals surface area (Å²) in [5.74, 6) is -0.301. The number of halogens is 1. The van der Waals surface area contributed by atoms with E-state index in [0.717, 1.165) is 11.8 Å². The number of rotatable bonds is 6. The van der Waals surface area contributed by atoms with E-state index in [1.807, 2.05) is 0 Å². The molecule has 0 fully saturated rings. The highest BCUT2D eigenvalue weighted by molar-refractivity contribution is 7.99. The number of amides is 2. The molecular weight excluding hydrogens is 373 g/mol. The number of carbonyl (C=O) groups is 2. The van der Waals surface area contributed by atoms with E-state index in [4.69, 9.17) is 4.52 Å². The first-order valence-corrected chi connectivity index (χ1v) is 8.75. The van der Waals surface area contributed by atoms with Gasteiger partial charge in [0.2, 0.25) is 5.91 Å². The molecule has 27 heavy (non-hydrogen) atoms. The third kappa shape index (κ3) is 5.11. The number of nitrogens with zero attached hydrogens (tertiary/aromatic N) is 3. The lowest BCUT2D eigenvalue weighted by Crippen LogP contribution is -2.15. The fraction of sp³-hybridized carbons (Fsp3) is 0.118. The molecule has 0 atom stereocenters. The summed E-state index contributed by atoms with van der Waals surface area (Å²) in [6.45, 7) is 1.72. The molecule has 0 saturated heterocycles. The number of hydrogen-bond acceptors (Lipinski definition) is 7. The molecule has 0 radical (unpaired) electrons. The van der Waals surface area contributed by atoms with Gasteiger partial charge in [-0.1, -0.05) is 29.1 Å². The Morgan fingerprint density at radius 2 is 1.93 bits per heavy atom. The number of anilines is 2. The van der Waals surface area contributed by atoms with Gasteiger partial charge in [-0.25, -0.2) is 4.39 Å². The SMILES string of the molecule is Cc1cc(NC(=O)CSc2ccc(NC(=O)c3ccccc3F)nn2)no1. The summed E-state index contributed by atoms with van der Waals surface area (Å²) in [5, 5.41) is 17.0. The minimum Gasteiger partial charge on any atom is -0.360 e. The van der Waals surface area contributed by atoms with Crippen molar-refractivity contribution in [2.75, 3.05) is 16.4 Å². The van der Waals surface area contributed by atoms with Gasteiger partial charge in [-0.15, -0.1) is 10.2 Å². The van der Waals surface area contributed by atoms with Gasteiger partial charge in [0.25, 0.3) is 5.91 Å². The predicted octanol–water partition coefficient (Wildman–Crippen LogP) is 2.90. The number of thioether (sulfide) groups is 1. The summed E-state index contributed by atoms with van der Waals surface area (Å²) in [6, 6.07) is 10.4. The van der Waals surface area contributed by atoms with E-state index in [1.54, 1.807) is 25.1 Å². The Balaban J connectivity index is 1.52. The maximum Gasteiger partial charge on any atom is 0.259 e. The molecule has 10 heteroatoms. The first-order valence-electron chi connectivity index (χ1n) is 7.77. The number of nitrogens with one attached hydrogen (secondary N) is 2. The lowest BCUT2D eigenvalue weighted by Gasteiger charge is -2.05. The molecule has 0 spiro atoms. The van der Waals surface area contributed by atoms with Crippen molar-refractivity contribution in [1.82, 2.24) is 15.4 Å². The standard InChI is InChI=1S/C17H14FN5O3S/c1-10-8-14(23-26-10)19-15(24)9-27-16-7-6-13(21-22-16)20-17(25)11-4-2-3-5-12(11)18/h2-8H,9H2,1H3,(H,19,23,24)(H,20,21,25). The van der Waals surface area contributed by atoms with Crippen LogP contribution in [0.3, 0.4) is 0 Å².